The fraction of sp³-hybridized carbons (Fsp3) is 0.435. The second-order valence-corrected chi connectivity index (χ2v) is 8.68. The molecule has 3 aromatic rings. The highest BCUT2D eigenvalue weighted by molar-refractivity contribution is 5.70. The van der Waals surface area contributed by atoms with Crippen molar-refractivity contribution in [1.82, 2.24) is 19.5 Å². The smallest absolute Gasteiger partial charge is 0.410 e. The lowest BCUT2D eigenvalue weighted by atomic mass is 10.1. The highest BCUT2D eigenvalue weighted by atomic mass is 16.6. The summed E-state index contributed by atoms with van der Waals surface area (Å²) in [6.45, 7) is 6.98. The number of hydrogen-bond donors (Lipinski definition) is 1. The molecular formula is C23H29N5O3. The van der Waals surface area contributed by atoms with E-state index in [1.807, 2.05) is 62.1 Å². The predicted octanol–water partition coefficient (Wildman–Crippen LogP) is 4.22. The van der Waals surface area contributed by atoms with Gasteiger partial charge in [-0.15, -0.1) is 5.10 Å². The number of anilines is 1. The van der Waals surface area contributed by atoms with Crippen LogP contribution in [0.1, 0.15) is 33.6 Å². The molecule has 1 aliphatic heterocycles. The number of nitrogens with one attached hydrogen (secondary N) is 1. The number of ether oxygens (including phenoxy) is 2. The van der Waals surface area contributed by atoms with E-state index in [1.54, 1.807) is 17.8 Å². The molecule has 1 aliphatic rings. The Kier molecular flexibility index (Phi) is 5.71. The molecule has 8 heteroatoms. The monoisotopic (exact) mass is 423 g/mol. The van der Waals surface area contributed by atoms with Crippen LogP contribution in [-0.2, 0) is 4.74 Å². The van der Waals surface area contributed by atoms with Gasteiger partial charge in [0.05, 0.1) is 25.0 Å². The molecule has 1 fully saturated rings. The standard InChI is InChI=1S/C23H29N5O3/c1-23(2,3)31-22(29)27-13-7-8-16(27)14-24-20-11-12-21-25-15-18(28(21)26-20)17-9-5-6-10-19(17)30-4/h5-6,9-12,15-16H,7-8,13-14H2,1-4H3,(H,24,26). The molecule has 1 atom stereocenters. The van der Waals surface area contributed by atoms with Gasteiger partial charge in [0.1, 0.15) is 17.2 Å². The number of amides is 1. The zero-order chi connectivity index (χ0) is 22.0. The Labute approximate surface area is 182 Å². The van der Waals surface area contributed by atoms with Crippen LogP contribution < -0.4 is 10.1 Å². The Balaban J connectivity index is 1.51. The van der Waals surface area contributed by atoms with Crippen molar-refractivity contribution in [2.45, 2.75) is 45.3 Å². The van der Waals surface area contributed by atoms with Gasteiger partial charge in [-0.3, -0.25) is 0 Å². The van der Waals surface area contributed by atoms with E-state index in [4.69, 9.17) is 14.6 Å². The number of para-hydroxylation sites is 1. The van der Waals surface area contributed by atoms with Gasteiger partial charge in [0.2, 0.25) is 0 Å². The van der Waals surface area contributed by atoms with Gasteiger partial charge in [0.15, 0.2) is 5.65 Å². The fourth-order valence-electron chi connectivity index (χ4n) is 3.84. The van der Waals surface area contributed by atoms with Crippen LogP contribution in [0.25, 0.3) is 16.9 Å². The number of aromatic nitrogens is 3. The van der Waals surface area contributed by atoms with Crippen LogP contribution >= 0.6 is 0 Å². The molecule has 4 rings (SSSR count). The van der Waals surface area contributed by atoms with Gasteiger partial charge in [0.25, 0.3) is 0 Å². The van der Waals surface area contributed by atoms with E-state index in [9.17, 15) is 4.79 Å². The van der Waals surface area contributed by atoms with Crippen LogP contribution in [0.15, 0.2) is 42.6 Å². The summed E-state index contributed by atoms with van der Waals surface area (Å²) in [4.78, 5) is 18.8. The average molecular weight is 424 g/mol. The molecule has 2 aromatic heterocycles. The number of carbonyl (C=O) groups is 1. The van der Waals surface area contributed by atoms with E-state index in [0.29, 0.717) is 13.1 Å². The summed E-state index contributed by atoms with van der Waals surface area (Å²) in [5, 5.41) is 8.11. The van der Waals surface area contributed by atoms with Gasteiger partial charge >= 0.3 is 6.09 Å². The molecular weight excluding hydrogens is 394 g/mol. The topological polar surface area (TPSA) is 81.0 Å². The van der Waals surface area contributed by atoms with Crippen molar-refractivity contribution in [2.75, 3.05) is 25.5 Å². The molecule has 1 N–H and O–H groups in total. The van der Waals surface area contributed by atoms with E-state index in [0.717, 1.165) is 41.3 Å². The molecule has 0 radical (unpaired) electrons. The minimum absolute atomic E-state index is 0.0730. The summed E-state index contributed by atoms with van der Waals surface area (Å²) in [7, 11) is 1.65. The quantitative estimate of drug-likeness (QED) is 0.662. The van der Waals surface area contributed by atoms with Crippen LogP contribution in [0, 0.1) is 0 Å². The van der Waals surface area contributed by atoms with Crippen molar-refractivity contribution >= 4 is 17.6 Å². The Morgan fingerprint density at radius 3 is 2.81 bits per heavy atom. The van der Waals surface area contributed by atoms with Crippen LogP contribution in [0.3, 0.4) is 0 Å². The molecule has 0 saturated carbocycles. The van der Waals surface area contributed by atoms with Gasteiger partial charge in [-0.25, -0.2) is 14.3 Å². The normalized spacial score (nSPS) is 16.5. The minimum atomic E-state index is -0.499. The van der Waals surface area contributed by atoms with E-state index in [1.165, 1.54) is 0 Å². The summed E-state index contributed by atoms with van der Waals surface area (Å²) < 4.78 is 12.9. The molecule has 1 amide bonds. The SMILES string of the molecule is COc1ccccc1-c1cnc2ccc(NCC3CCCN3C(=O)OC(C)(C)C)nn12. The molecule has 8 nitrogen and oxygen atoms in total. The number of methoxy groups -OCH3 is 1. The third-order valence-electron chi connectivity index (χ3n) is 5.27. The number of rotatable bonds is 5. The molecule has 1 aromatic carbocycles. The van der Waals surface area contributed by atoms with Gasteiger partial charge in [-0.1, -0.05) is 12.1 Å². The second-order valence-electron chi connectivity index (χ2n) is 8.68. The Morgan fingerprint density at radius 1 is 1.23 bits per heavy atom. The van der Waals surface area contributed by atoms with Crippen molar-refractivity contribution in [2.24, 2.45) is 0 Å². The first-order chi connectivity index (χ1) is 14.9. The van der Waals surface area contributed by atoms with Gasteiger partial charge in [0, 0.05) is 18.7 Å². The lowest BCUT2D eigenvalue weighted by Gasteiger charge is -2.28. The number of nitrogens with zero attached hydrogens (tertiary/aromatic N) is 4. The van der Waals surface area contributed by atoms with Crippen molar-refractivity contribution in [3.05, 3.63) is 42.6 Å². The summed E-state index contributed by atoms with van der Waals surface area (Å²) in [6.07, 6.45) is 3.45. The molecule has 0 bridgehead atoms. The van der Waals surface area contributed by atoms with Gasteiger partial charge in [-0.05, 0) is 57.9 Å². The van der Waals surface area contributed by atoms with Crippen LogP contribution in [0.2, 0.25) is 0 Å². The lowest BCUT2D eigenvalue weighted by molar-refractivity contribution is 0.0235. The lowest BCUT2D eigenvalue weighted by Crippen LogP contribution is -2.42. The largest absolute Gasteiger partial charge is 0.496 e. The first kappa shape index (κ1) is 21.0. The van der Waals surface area contributed by atoms with Crippen molar-refractivity contribution in [3.63, 3.8) is 0 Å². The highest BCUT2D eigenvalue weighted by Crippen LogP contribution is 2.30. The molecule has 0 aliphatic carbocycles. The number of hydrogen-bond acceptors (Lipinski definition) is 6. The summed E-state index contributed by atoms with van der Waals surface area (Å²) in [5.74, 6) is 1.49. The minimum Gasteiger partial charge on any atom is -0.496 e. The van der Waals surface area contributed by atoms with Crippen molar-refractivity contribution in [3.8, 4) is 17.0 Å². The first-order valence-corrected chi connectivity index (χ1v) is 10.6. The molecule has 1 unspecified atom stereocenters. The van der Waals surface area contributed by atoms with Gasteiger partial charge in [-0.2, -0.15) is 0 Å². The summed E-state index contributed by atoms with van der Waals surface area (Å²) >= 11 is 0. The Hall–Kier alpha value is -3.29. The highest BCUT2D eigenvalue weighted by Gasteiger charge is 2.32. The molecule has 1 saturated heterocycles. The van der Waals surface area contributed by atoms with Crippen molar-refractivity contribution in [1.29, 1.82) is 0 Å². The zero-order valence-electron chi connectivity index (χ0n) is 18.5. The third kappa shape index (κ3) is 4.57. The van der Waals surface area contributed by atoms with Gasteiger partial charge < -0.3 is 19.7 Å². The van der Waals surface area contributed by atoms with Crippen LogP contribution in [0.5, 0.6) is 5.75 Å². The first-order valence-electron chi connectivity index (χ1n) is 10.6. The number of imidazole rings is 1. The van der Waals surface area contributed by atoms with Crippen LogP contribution in [0.4, 0.5) is 10.6 Å². The number of likely N-dealkylation sites (tertiary alicyclic amines) is 1. The van der Waals surface area contributed by atoms with E-state index >= 15 is 0 Å². The second kappa shape index (κ2) is 8.45. The third-order valence-corrected chi connectivity index (χ3v) is 5.27. The predicted molar refractivity (Wildman–Crippen MR) is 119 cm³/mol. The average Bonchev–Trinajstić information content (AvgIpc) is 3.37. The zero-order valence-corrected chi connectivity index (χ0v) is 18.5. The molecule has 3 heterocycles. The Bertz CT molecular complexity index is 1070. The fourth-order valence-corrected chi connectivity index (χ4v) is 3.84. The number of carbonyl (C=O) groups excluding carboxylic acids is 1. The molecule has 31 heavy (non-hydrogen) atoms. The maximum Gasteiger partial charge on any atom is 0.410 e. The maximum absolute atomic E-state index is 12.5. The Morgan fingerprint density at radius 2 is 2.03 bits per heavy atom. The van der Waals surface area contributed by atoms with Crippen LogP contribution in [-0.4, -0.2) is 57.4 Å². The molecule has 164 valence electrons. The maximum atomic E-state index is 12.5. The van der Waals surface area contributed by atoms with E-state index in [2.05, 4.69) is 10.3 Å². The van der Waals surface area contributed by atoms with Crippen molar-refractivity contribution < 1.29 is 14.3 Å². The number of benzene rings is 1. The summed E-state index contributed by atoms with van der Waals surface area (Å²) in [5.41, 5.74) is 2.03. The van der Waals surface area contributed by atoms with E-state index < -0.39 is 5.60 Å². The summed E-state index contributed by atoms with van der Waals surface area (Å²) in [6, 6.07) is 11.7. The number of fused-ring (bicyclic) bond motifs is 1. The molecule has 0 spiro atoms. The van der Waals surface area contributed by atoms with E-state index in [-0.39, 0.29) is 12.1 Å².